The molecule has 1 aliphatic heterocycles. The van der Waals surface area contributed by atoms with Gasteiger partial charge in [0.1, 0.15) is 11.6 Å². The highest BCUT2D eigenvalue weighted by Gasteiger charge is 2.56. The number of fused-ring (bicyclic) bond motifs is 2. The summed E-state index contributed by atoms with van der Waals surface area (Å²) in [5, 5.41) is 11.0. The quantitative estimate of drug-likeness (QED) is 0.566. The molecule has 2 heterocycles. The van der Waals surface area contributed by atoms with Crippen molar-refractivity contribution in [3.63, 3.8) is 0 Å². The Morgan fingerprint density at radius 3 is 2.59 bits per heavy atom. The molecule has 1 unspecified atom stereocenters. The number of benzene rings is 1. The van der Waals surface area contributed by atoms with Crippen molar-refractivity contribution in [2.45, 2.75) is 63.6 Å². The molecule has 3 nitrogen and oxygen atoms in total. The number of nitrogens with one attached hydrogen (secondary N) is 1. The zero-order valence-electron chi connectivity index (χ0n) is 18.4. The predicted octanol–water partition coefficient (Wildman–Crippen LogP) is 5.81. The van der Waals surface area contributed by atoms with E-state index in [1.165, 1.54) is 12.1 Å². The smallest absolute Gasteiger partial charge is 0.417 e. The zero-order valence-corrected chi connectivity index (χ0v) is 18.4. The first-order valence-electron chi connectivity index (χ1n) is 10.7. The van der Waals surface area contributed by atoms with Crippen LogP contribution in [-0.2, 0) is 24.7 Å². The van der Waals surface area contributed by atoms with Gasteiger partial charge in [0, 0.05) is 35.4 Å². The normalized spacial score (nSPS) is 17.8. The standard InChI is InChI=1S/C25H27F4NO2/c1-15-6-4-5-7-16-11-19(30-21(15)16)13-24(31,25(27,28)29)14-23(2,3)20-12-18(26)10-17-8-9-32-22(17)20/h4-6,10-12,30-31H,7-9,13-14H2,1-3H3. The van der Waals surface area contributed by atoms with Crippen LogP contribution in [0, 0.1) is 5.82 Å². The van der Waals surface area contributed by atoms with Gasteiger partial charge in [0.15, 0.2) is 5.60 Å². The number of H-pyrrole nitrogens is 1. The molecule has 2 aliphatic rings. The fourth-order valence-corrected chi connectivity index (χ4v) is 4.83. The third kappa shape index (κ3) is 4.10. The van der Waals surface area contributed by atoms with E-state index in [2.05, 4.69) is 4.98 Å². The first-order valence-corrected chi connectivity index (χ1v) is 10.7. The number of aromatic nitrogens is 1. The summed E-state index contributed by atoms with van der Waals surface area (Å²) in [5.74, 6) is -0.0867. The summed E-state index contributed by atoms with van der Waals surface area (Å²) < 4.78 is 62.5. The van der Waals surface area contributed by atoms with Crippen LogP contribution in [0.15, 0.2) is 36.4 Å². The van der Waals surface area contributed by atoms with Crippen LogP contribution in [0.4, 0.5) is 17.6 Å². The molecule has 1 atom stereocenters. The summed E-state index contributed by atoms with van der Waals surface area (Å²) in [4.78, 5) is 3.07. The van der Waals surface area contributed by atoms with Crippen LogP contribution in [0.2, 0.25) is 0 Å². The Labute approximate surface area is 184 Å². The van der Waals surface area contributed by atoms with Gasteiger partial charge in [-0.3, -0.25) is 0 Å². The molecule has 0 fully saturated rings. The molecule has 4 rings (SSSR count). The largest absolute Gasteiger partial charge is 0.493 e. The van der Waals surface area contributed by atoms with E-state index in [-0.39, 0.29) is 0 Å². The lowest BCUT2D eigenvalue weighted by Gasteiger charge is -2.38. The Morgan fingerprint density at radius 2 is 1.88 bits per heavy atom. The minimum atomic E-state index is -4.88. The fraction of sp³-hybridized carbons (Fsp3) is 0.440. The van der Waals surface area contributed by atoms with E-state index in [1.54, 1.807) is 19.9 Å². The first-order chi connectivity index (χ1) is 14.9. The molecule has 1 aromatic heterocycles. The van der Waals surface area contributed by atoms with E-state index in [0.29, 0.717) is 42.0 Å². The average Bonchev–Trinajstić information content (AvgIpc) is 3.25. The predicted molar refractivity (Wildman–Crippen MR) is 115 cm³/mol. The molecule has 0 bridgehead atoms. The highest BCUT2D eigenvalue weighted by atomic mass is 19.4. The molecule has 2 aromatic rings. The monoisotopic (exact) mass is 449 g/mol. The molecule has 1 aromatic carbocycles. The number of aromatic amines is 1. The highest BCUT2D eigenvalue weighted by Crippen LogP contribution is 2.47. The number of hydrogen-bond donors (Lipinski definition) is 2. The second-order valence-corrected chi connectivity index (χ2v) is 9.48. The molecule has 0 saturated heterocycles. The molecule has 0 spiro atoms. The van der Waals surface area contributed by atoms with E-state index >= 15 is 0 Å². The van der Waals surface area contributed by atoms with Crippen LogP contribution in [-0.4, -0.2) is 28.5 Å². The summed E-state index contributed by atoms with van der Waals surface area (Å²) in [5.41, 5.74) is -0.301. The summed E-state index contributed by atoms with van der Waals surface area (Å²) >= 11 is 0. The molecular formula is C25H27F4NO2. The van der Waals surface area contributed by atoms with Gasteiger partial charge in [-0.25, -0.2) is 4.39 Å². The van der Waals surface area contributed by atoms with E-state index in [0.717, 1.165) is 16.8 Å². The maximum Gasteiger partial charge on any atom is 0.417 e. The van der Waals surface area contributed by atoms with Crippen LogP contribution >= 0.6 is 0 Å². The van der Waals surface area contributed by atoms with Gasteiger partial charge in [-0.05, 0) is 54.5 Å². The third-order valence-electron chi connectivity index (χ3n) is 6.39. The van der Waals surface area contributed by atoms with Crippen LogP contribution in [0.1, 0.15) is 55.3 Å². The Balaban J connectivity index is 1.69. The Hall–Kier alpha value is -2.54. The summed E-state index contributed by atoms with van der Waals surface area (Å²) in [6, 6.07) is 4.27. The Kier molecular flexibility index (Phi) is 5.52. The second kappa shape index (κ2) is 7.80. The molecule has 0 radical (unpaired) electrons. The second-order valence-electron chi connectivity index (χ2n) is 9.48. The van der Waals surface area contributed by atoms with Gasteiger partial charge in [-0.2, -0.15) is 13.2 Å². The molecular weight excluding hydrogens is 422 g/mol. The number of hydrogen-bond acceptors (Lipinski definition) is 2. The van der Waals surface area contributed by atoms with Gasteiger partial charge < -0.3 is 14.8 Å². The van der Waals surface area contributed by atoms with Crippen molar-refractivity contribution in [1.29, 1.82) is 0 Å². The maximum atomic E-state index is 14.2. The zero-order chi connectivity index (χ0) is 23.3. The highest BCUT2D eigenvalue weighted by molar-refractivity contribution is 5.67. The SMILES string of the molecule is CC1=CC=CCc2cc(CC(O)(CC(C)(C)c3cc(F)cc4c3OCC4)C(F)(F)F)[nH]c21. The number of halogens is 4. The van der Waals surface area contributed by atoms with Crippen molar-refractivity contribution in [2.75, 3.05) is 6.61 Å². The van der Waals surface area contributed by atoms with Crippen LogP contribution < -0.4 is 4.74 Å². The fourth-order valence-electron chi connectivity index (χ4n) is 4.83. The van der Waals surface area contributed by atoms with E-state index < -0.39 is 35.9 Å². The van der Waals surface area contributed by atoms with Crippen LogP contribution in [0.3, 0.4) is 0 Å². The molecule has 32 heavy (non-hydrogen) atoms. The van der Waals surface area contributed by atoms with Crippen LogP contribution in [0.5, 0.6) is 5.75 Å². The van der Waals surface area contributed by atoms with Gasteiger partial charge in [-0.15, -0.1) is 0 Å². The van der Waals surface area contributed by atoms with Crippen molar-refractivity contribution in [2.24, 2.45) is 0 Å². The van der Waals surface area contributed by atoms with Gasteiger partial charge in [-0.1, -0.05) is 32.1 Å². The molecule has 2 N–H and O–H groups in total. The van der Waals surface area contributed by atoms with Crippen molar-refractivity contribution < 1.29 is 27.4 Å². The third-order valence-corrected chi connectivity index (χ3v) is 6.39. The lowest BCUT2D eigenvalue weighted by molar-refractivity contribution is -0.266. The molecule has 7 heteroatoms. The van der Waals surface area contributed by atoms with Gasteiger partial charge in [0.05, 0.1) is 6.61 Å². The Morgan fingerprint density at radius 1 is 1.12 bits per heavy atom. The maximum absolute atomic E-state index is 14.2. The number of aliphatic hydroxyl groups is 1. The van der Waals surface area contributed by atoms with Crippen molar-refractivity contribution in [3.8, 4) is 5.75 Å². The van der Waals surface area contributed by atoms with Crippen molar-refractivity contribution >= 4 is 5.57 Å². The number of allylic oxidation sites excluding steroid dienone is 4. The minimum Gasteiger partial charge on any atom is -0.493 e. The number of ether oxygens (including phenoxy) is 1. The summed E-state index contributed by atoms with van der Waals surface area (Å²) in [6.45, 7) is 5.42. The van der Waals surface area contributed by atoms with Crippen molar-refractivity contribution in [3.05, 3.63) is 70.3 Å². The lowest BCUT2D eigenvalue weighted by Crippen LogP contribution is -2.51. The van der Waals surface area contributed by atoms with Gasteiger partial charge in [0.2, 0.25) is 0 Å². The van der Waals surface area contributed by atoms with Gasteiger partial charge in [0.25, 0.3) is 0 Å². The minimum absolute atomic E-state index is 0.314. The van der Waals surface area contributed by atoms with Crippen molar-refractivity contribution in [1.82, 2.24) is 4.98 Å². The topological polar surface area (TPSA) is 45.2 Å². The molecule has 172 valence electrons. The lowest BCUT2D eigenvalue weighted by atomic mass is 9.72. The summed E-state index contributed by atoms with van der Waals surface area (Å²) in [6.07, 6.45) is 0.721. The molecule has 1 aliphatic carbocycles. The summed E-state index contributed by atoms with van der Waals surface area (Å²) in [7, 11) is 0. The van der Waals surface area contributed by atoms with E-state index in [9.17, 15) is 22.7 Å². The van der Waals surface area contributed by atoms with Crippen LogP contribution in [0.25, 0.3) is 5.57 Å². The van der Waals surface area contributed by atoms with Gasteiger partial charge >= 0.3 is 6.18 Å². The first kappa shape index (κ1) is 22.6. The number of rotatable bonds is 5. The van der Waals surface area contributed by atoms with E-state index in [4.69, 9.17) is 4.74 Å². The molecule has 0 amide bonds. The average molecular weight is 449 g/mol. The van der Waals surface area contributed by atoms with E-state index in [1.807, 2.05) is 25.2 Å². The number of alkyl halides is 3. The Bertz CT molecular complexity index is 1090. The molecule has 0 saturated carbocycles.